The van der Waals surface area contributed by atoms with E-state index in [9.17, 15) is 14.9 Å². The molecule has 0 aliphatic heterocycles. The summed E-state index contributed by atoms with van der Waals surface area (Å²) in [5.41, 5.74) is 0.0727. The van der Waals surface area contributed by atoms with Crippen molar-refractivity contribution in [1.29, 1.82) is 0 Å². The van der Waals surface area contributed by atoms with Gasteiger partial charge in [-0.2, -0.15) is 0 Å². The van der Waals surface area contributed by atoms with Crippen LogP contribution in [0, 0.1) is 10.1 Å². The van der Waals surface area contributed by atoms with Gasteiger partial charge in [0.05, 0.1) is 9.40 Å². The molecule has 0 aliphatic carbocycles. The number of benzene rings is 2. The van der Waals surface area contributed by atoms with Gasteiger partial charge in [0.2, 0.25) is 5.75 Å². The van der Waals surface area contributed by atoms with Crippen LogP contribution in [0.5, 0.6) is 11.5 Å². The standard InChI is InChI=1S/C14H11BrN2O4/c1-16-14(18)9-6-7-11(17(19)20)13(8-9)21-12-5-3-2-4-10(12)15/h2-8H,1H3,(H,16,18). The molecule has 7 heteroatoms. The maximum Gasteiger partial charge on any atom is 0.311 e. The number of hydrogen-bond donors (Lipinski definition) is 1. The summed E-state index contributed by atoms with van der Waals surface area (Å²) in [7, 11) is 1.48. The second-order valence-electron chi connectivity index (χ2n) is 4.05. The zero-order chi connectivity index (χ0) is 15.4. The van der Waals surface area contributed by atoms with Crippen molar-refractivity contribution in [2.75, 3.05) is 7.05 Å². The lowest BCUT2D eigenvalue weighted by Crippen LogP contribution is -2.17. The SMILES string of the molecule is CNC(=O)c1ccc([N+](=O)[O-])c(Oc2ccccc2Br)c1. The molecule has 6 nitrogen and oxygen atoms in total. The number of hydrogen-bond acceptors (Lipinski definition) is 4. The molecule has 0 saturated carbocycles. The minimum atomic E-state index is -0.556. The molecule has 108 valence electrons. The number of rotatable bonds is 4. The molecular formula is C14H11BrN2O4. The largest absolute Gasteiger partial charge is 0.449 e. The number of amides is 1. The highest BCUT2D eigenvalue weighted by atomic mass is 79.9. The van der Waals surface area contributed by atoms with Crippen molar-refractivity contribution in [2.24, 2.45) is 0 Å². The molecule has 2 aromatic rings. The van der Waals surface area contributed by atoms with E-state index >= 15 is 0 Å². The fourth-order valence-corrected chi connectivity index (χ4v) is 2.04. The number of halogens is 1. The predicted octanol–water partition coefficient (Wildman–Crippen LogP) is 3.51. The smallest absolute Gasteiger partial charge is 0.311 e. The zero-order valence-electron chi connectivity index (χ0n) is 11.0. The van der Waals surface area contributed by atoms with Gasteiger partial charge in [-0.05, 0) is 34.1 Å². The molecule has 0 radical (unpaired) electrons. The summed E-state index contributed by atoms with van der Waals surface area (Å²) in [4.78, 5) is 22.1. The van der Waals surface area contributed by atoms with Gasteiger partial charge in [0, 0.05) is 24.7 Å². The van der Waals surface area contributed by atoms with Gasteiger partial charge < -0.3 is 10.1 Å². The second-order valence-corrected chi connectivity index (χ2v) is 4.91. The van der Waals surface area contributed by atoms with Crippen LogP contribution in [0.3, 0.4) is 0 Å². The Morgan fingerprint density at radius 1 is 1.24 bits per heavy atom. The van der Waals surface area contributed by atoms with Crippen LogP contribution >= 0.6 is 15.9 Å². The molecule has 0 atom stereocenters. The van der Waals surface area contributed by atoms with Crippen molar-refractivity contribution >= 4 is 27.5 Å². The summed E-state index contributed by atoms with van der Waals surface area (Å²) >= 11 is 3.30. The lowest BCUT2D eigenvalue weighted by molar-refractivity contribution is -0.385. The average molecular weight is 351 g/mol. The maximum atomic E-state index is 11.6. The Hall–Kier alpha value is -2.41. The quantitative estimate of drug-likeness (QED) is 0.675. The molecule has 2 rings (SSSR count). The Morgan fingerprint density at radius 3 is 2.57 bits per heavy atom. The molecule has 0 aromatic heterocycles. The predicted molar refractivity (Wildman–Crippen MR) is 80.7 cm³/mol. The zero-order valence-corrected chi connectivity index (χ0v) is 12.6. The van der Waals surface area contributed by atoms with E-state index in [0.717, 1.165) is 0 Å². The highest BCUT2D eigenvalue weighted by Gasteiger charge is 2.19. The molecule has 0 fully saturated rings. The molecule has 0 heterocycles. The van der Waals surface area contributed by atoms with E-state index in [0.29, 0.717) is 10.2 Å². The summed E-state index contributed by atoms with van der Waals surface area (Å²) in [5.74, 6) is 0.0875. The van der Waals surface area contributed by atoms with Crippen LogP contribution < -0.4 is 10.1 Å². The van der Waals surface area contributed by atoms with Crippen LogP contribution in [0.1, 0.15) is 10.4 Å². The normalized spacial score (nSPS) is 10.0. The van der Waals surface area contributed by atoms with Gasteiger partial charge in [-0.15, -0.1) is 0 Å². The minimum Gasteiger partial charge on any atom is -0.449 e. The highest BCUT2D eigenvalue weighted by molar-refractivity contribution is 9.10. The Morgan fingerprint density at radius 2 is 1.95 bits per heavy atom. The van der Waals surface area contributed by atoms with Crippen LogP contribution in [0.15, 0.2) is 46.9 Å². The first kappa shape index (κ1) is 15.0. The van der Waals surface area contributed by atoms with Gasteiger partial charge in [0.25, 0.3) is 5.91 Å². The van der Waals surface area contributed by atoms with Crippen LogP contribution in [0.4, 0.5) is 5.69 Å². The number of nitrogens with zero attached hydrogens (tertiary/aromatic N) is 1. The second kappa shape index (κ2) is 6.36. The number of ether oxygens (including phenoxy) is 1. The number of nitrogens with one attached hydrogen (secondary N) is 1. The van der Waals surface area contributed by atoms with Gasteiger partial charge >= 0.3 is 5.69 Å². The Kier molecular flexibility index (Phi) is 4.54. The Balaban J connectivity index is 2.46. The first-order valence-corrected chi connectivity index (χ1v) is 6.75. The lowest BCUT2D eigenvalue weighted by atomic mass is 10.1. The van der Waals surface area contributed by atoms with E-state index in [-0.39, 0.29) is 22.9 Å². The van der Waals surface area contributed by atoms with Crippen molar-refractivity contribution in [2.45, 2.75) is 0 Å². The van der Waals surface area contributed by atoms with Crippen molar-refractivity contribution in [1.82, 2.24) is 5.32 Å². The van der Waals surface area contributed by atoms with E-state index in [2.05, 4.69) is 21.2 Å². The monoisotopic (exact) mass is 350 g/mol. The summed E-state index contributed by atoms with van der Waals surface area (Å²) in [6, 6.07) is 10.9. The fourth-order valence-electron chi connectivity index (χ4n) is 1.68. The lowest BCUT2D eigenvalue weighted by Gasteiger charge is -2.09. The van der Waals surface area contributed by atoms with E-state index < -0.39 is 4.92 Å². The van der Waals surface area contributed by atoms with E-state index in [1.54, 1.807) is 24.3 Å². The van der Waals surface area contributed by atoms with Gasteiger partial charge in [0.1, 0.15) is 5.75 Å². The minimum absolute atomic E-state index is 0.00741. The summed E-state index contributed by atoms with van der Waals surface area (Å²) < 4.78 is 6.23. The third kappa shape index (κ3) is 3.38. The third-order valence-electron chi connectivity index (χ3n) is 2.70. The van der Waals surface area contributed by atoms with Crippen LogP contribution in [0.25, 0.3) is 0 Å². The highest BCUT2D eigenvalue weighted by Crippen LogP contribution is 2.35. The summed E-state index contributed by atoms with van der Waals surface area (Å²) in [6.45, 7) is 0. The van der Waals surface area contributed by atoms with Gasteiger partial charge in [-0.3, -0.25) is 14.9 Å². The summed E-state index contributed by atoms with van der Waals surface area (Å²) in [6.07, 6.45) is 0. The van der Waals surface area contributed by atoms with E-state index in [1.165, 1.54) is 25.2 Å². The van der Waals surface area contributed by atoms with E-state index in [4.69, 9.17) is 4.74 Å². The fraction of sp³-hybridized carbons (Fsp3) is 0.0714. The average Bonchev–Trinajstić information content (AvgIpc) is 2.48. The molecule has 0 unspecified atom stereocenters. The van der Waals surface area contributed by atoms with Gasteiger partial charge in [0.15, 0.2) is 0 Å². The molecule has 0 aliphatic rings. The van der Waals surface area contributed by atoms with Crippen LogP contribution in [0.2, 0.25) is 0 Å². The van der Waals surface area contributed by atoms with Crippen molar-refractivity contribution < 1.29 is 14.5 Å². The van der Waals surface area contributed by atoms with Crippen LogP contribution in [-0.4, -0.2) is 17.9 Å². The molecule has 0 spiro atoms. The van der Waals surface area contributed by atoms with Gasteiger partial charge in [-0.25, -0.2) is 0 Å². The molecule has 1 amide bonds. The van der Waals surface area contributed by atoms with Crippen LogP contribution in [-0.2, 0) is 0 Å². The molecular weight excluding hydrogens is 340 g/mol. The maximum absolute atomic E-state index is 11.6. The Labute approximate surface area is 129 Å². The first-order chi connectivity index (χ1) is 10.0. The molecule has 2 aromatic carbocycles. The number of carbonyl (C=O) groups excluding carboxylic acids is 1. The van der Waals surface area contributed by atoms with E-state index in [1.807, 2.05) is 0 Å². The molecule has 1 N–H and O–H groups in total. The topological polar surface area (TPSA) is 81.5 Å². The van der Waals surface area contributed by atoms with Crippen molar-refractivity contribution in [3.63, 3.8) is 0 Å². The van der Waals surface area contributed by atoms with Crippen molar-refractivity contribution in [3.05, 3.63) is 62.6 Å². The third-order valence-corrected chi connectivity index (χ3v) is 3.36. The molecule has 0 bridgehead atoms. The number of nitro groups is 1. The number of carbonyl (C=O) groups is 1. The Bertz CT molecular complexity index is 703. The van der Waals surface area contributed by atoms with Gasteiger partial charge in [-0.1, -0.05) is 12.1 Å². The molecule has 0 saturated heterocycles. The number of para-hydroxylation sites is 1. The number of nitro benzene ring substituents is 1. The molecule has 21 heavy (non-hydrogen) atoms. The summed E-state index contributed by atoms with van der Waals surface area (Å²) in [5, 5.41) is 13.5. The first-order valence-electron chi connectivity index (χ1n) is 5.96. The van der Waals surface area contributed by atoms with Crippen molar-refractivity contribution in [3.8, 4) is 11.5 Å².